The van der Waals surface area contributed by atoms with Crippen molar-refractivity contribution in [2.24, 2.45) is 5.92 Å². The zero-order valence-electron chi connectivity index (χ0n) is 12.4. The molecule has 0 saturated carbocycles. The molecule has 0 aromatic heterocycles. The molecule has 2 unspecified atom stereocenters. The summed E-state index contributed by atoms with van der Waals surface area (Å²) < 4.78 is 5.63. The van der Waals surface area contributed by atoms with Gasteiger partial charge in [-0.15, -0.1) is 0 Å². The molecule has 2 fully saturated rings. The molecule has 110 valence electrons. The molecule has 2 atom stereocenters. The van der Waals surface area contributed by atoms with Crippen molar-refractivity contribution in [1.82, 2.24) is 10.2 Å². The van der Waals surface area contributed by atoms with Gasteiger partial charge in [0.05, 0.1) is 6.61 Å². The van der Waals surface area contributed by atoms with Crippen molar-refractivity contribution in [2.75, 3.05) is 26.2 Å². The van der Waals surface area contributed by atoms with Crippen LogP contribution in [0.2, 0.25) is 0 Å². The number of ether oxygens (including phenoxy) is 1. The summed E-state index contributed by atoms with van der Waals surface area (Å²) in [6, 6.07) is 0.417. The molecule has 2 rings (SSSR count). The minimum atomic E-state index is -0.262. The molecule has 0 aliphatic carbocycles. The second-order valence-corrected chi connectivity index (χ2v) is 6.23. The van der Waals surface area contributed by atoms with Gasteiger partial charge in [0.15, 0.2) is 0 Å². The van der Waals surface area contributed by atoms with Crippen LogP contribution in [0.15, 0.2) is 0 Å². The van der Waals surface area contributed by atoms with E-state index in [0.717, 1.165) is 32.4 Å². The fourth-order valence-corrected chi connectivity index (χ4v) is 3.17. The van der Waals surface area contributed by atoms with Gasteiger partial charge in [0.25, 0.3) is 5.91 Å². The third-order valence-corrected chi connectivity index (χ3v) is 4.11. The lowest BCUT2D eigenvalue weighted by Gasteiger charge is -2.35. The third-order valence-electron chi connectivity index (χ3n) is 4.11. The zero-order chi connectivity index (χ0) is 13.7. The number of rotatable bonds is 3. The van der Waals surface area contributed by atoms with E-state index in [2.05, 4.69) is 24.1 Å². The second-order valence-electron chi connectivity index (χ2n) is 6.23. The number of carbonyl (C=O) groups is 1. The molecule has 0 spiro atoms. The largest absolute Gasteiger partial charge is 0.366 e. The topological polar surface area (TPSA) is 41.6 Å². The summed E-state index contributed by atoms with van der Waals surface area (Å²) in [5, 5.41) is 3.25. The Labute approximate surface area is 116 Å². The smallest absolute Gasteiger partial charge is 0.253 e. The van der Waals surface area contributed by atoms with Crippen LogP contribution in [0.1, 0.15) is 46.0 Å². The molecule has 0 bridgehead atoms. The lowest BCUT2D eigenvalue weighted by molar-refractivity contribution is -0.147. The molecular weight excluding hydrogens is 240 g/mol. The maximum Gasteiger partial charge on any atom is 0.253 e. The fourth-order valence-electron chi connectivity index (χ4n) is 3.17. The van der Waals surface area contributed by atoms with Crippen LogP contribution < -0.4 is 5.32 Å². The highest BCUT2D eigenvalue weighted by atomic mass is 16.5. The molecule has 19 heavy (non-hydrogen) atoms. The molecule has 2 aliphatic rings. The Balaban J connectivity index is 2.01. The van der Waals surface area contributed by atoms with Crippen LogP contribution in [0.5, 0.6) is 0 Å². The van der Waals surface area contributed by atoms with E-state index < -0.39 is 0 Å². The molecular formula is C15H28N2O2. The highest BCUT2D eigenvalue weighted by Gasteiger charge is 2.32. The Morgan fingerprint density at radius 2 is 2.21 bits per heavy atom. The first-order chi connectivity index (χ1) is 9.18. The SMILES string of the molecule is CC(C)CC1CCCCCN1C(=O)C1CNCCO1. The summed E-state index contributed by atoms with van der Waals surface area (Å²) in [5.74, 6) is 0.851. The Bertz CT molecular complexity index is 288. The lowest BCUT2D eigenvalue weighted by Crippen LogP contribution is -2.52. The molecule has 0 radical (unpaired) electrons. The predicted molar refractivity (Wildman–Crippen MR) is 76.0 cm³/mol. The Morgan fingerprint density at radius 1 is 1.37 bits per heavy atom. The van der Waals surface area contributed by atoms with Crippen molar-refractivity contribution in [1.29, 1.82) is 0 Å². The Hall–Kier alpha value is -0.610. The summed E-state index contributed by atoms with van der Waals surface area (Å²) in [7, 11) is 0. The highest BCUT2D eigenvalue weighted by Crippen LogP contribution is 2.23. The van der Waals surface area contributed by atoms with Gasteiger partial charge in [0, 0.05) is 25.7 Å². The molecule has 1 amide bonds. The van der Waals surface area contributed by atoms with Gasteiger partial charge in [-0.05, 0) is 25.2 Å². The van der Waals surface area contributed by atoms with Crippen LogP contribution in [0.3, 0.4) is 0 Å². The van der Waals surface area contributed by atoms with Gasteiger partial charge in [-0.3, -0.25) is 4.79 Å². The second kappa shape index (κ2) is 7.25. The normalized spacial score (nSPS) is 29.3. The van der Waals surface area contributed by atoms with Crippen molar-refractivity contribution in [3.05, 3.63) is 0 Å². The summed E-state index contributed by atoms with van der Waals surface area (Å²) in [6.45, 7) is 7.58. The molecule has 2 saturated heterocycles. The number of hydrogen-bond acceptors (Lipinski definition) is 3. The van der Waals surface area contributed by atoms with Crippen LogP contribution in [0.4, 0.5) is 0 Å². The van der Waals surface area contributed by atoms with E-state index in [-0.39, 0.29) is 12.0 Å². The average molecular weight is 268 g/mol. The van der Waals surface area contributed by atoms with E-state index in [1.165, 1.54) is 12.8 Å². The molecule has 0 aromatic rings. The quantitative estimate of drug-likeness (QED) is 0.848. The van der Waals surface area contributed by atoms with Gasteiger partial charge in [-0.25, -0.2) is 0 Å². The maximum atomic E-state index is 12.7. The van der Waals surface area contributed by atoms with Gasteiger partial charge >= 0.3 is 0 Å². The molecule has 0 aromatic carbocycles. The van der Waals surface area contributed by atoms with Crippen molar-refractivity contribution in [3.8, 4) is 0 Å². The van der Waals surface area contributed by atoms with Gasteiger partial charge in [-0.2, -0.15) is 0 Å². The third kappa shape index (κ3) is 4.18. The Kier molecular flexibility index (Phi) is 5.64. The number of nitrogens with zero attached hydrogens (tertiary/aromatic N) is 1. The summed E-state index contributed by atoms with van der Waals surface area (Å²) in [5.41, 5.74) is 0. The monoisotopic (exact) mass is 268 g/mol. The zero-order valence-corrected chi connectivity index (χ0v) is 12.4. The number of carbonyl (C=O) groups excluding carboxylic acids is 1. The van der Waals surface area contributed by atoms with E-state index >= 15 is 0 Å². The first-order valence-electron chi connectivity index (χ1n) is 7.81. The van der Waals surface area contributed by atoms with Gasteiger partial charge in [0.2, 0.25) is 0 Å². The Morgan fingerprint density at radius 3 is 2.89 bits per heavy atom. The van der Waals surface area contributed by atoms with Gasteiger partial charge in [-0.1, -0.05) is 26.7 Å². The lowest BCUT2D eigenvalue weighted by atomic mass is 9.98. The van der Waals surface area contributed by atoms with Crippen molar-refractivity contribution in [3.63, 3.8) is 0 Å². The minimum Gasteiger partial charge on any atom is -0.366 e. The van der Waals surface area contributed by atoms with E-state index in [9.17, 15) is 4.79 Å². The molecule has 4 heteroatoms. The number of likely N-dealkylation sites (tertiary alicyclic amines) is 1. The molecule has 2 aliphatic heterocycles. The van der Waals surface area contributed by atoms with Crippen LogP contribution in [-0.4, -0.2) is 49.2 Å². The first-order valence-corrected chi connectivity index (χ1v) is 7.81. The van der Waals surface area contributed by atoms with Gasteiger partial charge < -0.3 is 15.0 Å². The van der Waals surface area contributed by atoms with Crippen LogP contribution in [-0.2, 0) is 9.53 Å². The summed E-state index contributed by atoms with van der Waals surface area (Å²) in [6.07, 6.45) is 5.66. The average Bonchev–Trinajstić information content (AvgIpc) is 2.64. The minimum absolute atomic E-state index is 0.208. The first kappa shape index (κ1) is 14.8. The predicted octanol–water partition coefficient (Wildman–Crippen LogP) is 1.79. The van der Waals surface area contributed by atoms with Gasteiger partial charge in [0.1, 0.15) is 6.10 Å². The summed E-state index contributed by atoms with van der Waals surface area (Å²) >= 11 is 0. The number of nitrogens with one attached hydrogen (secondary N) is 1. The maximum absolute atomic E-state index is 12.7. The standard InChI is InChI=1S/C15H28N2O2/c1-12(2)10-13-6-4-3-5-8-17(13)15(18)14-11-16-7-9-19-14/h12-14,16H,3-11H2,1-2H3. The van der Waals surface area contributed by atoms with Crippen molar-refractivity contribution < 1.29 is 9.53 Å². The molecule has 4 nitrogen and oxygen atoms in total. The van der Waals surface area contributed by atoms with E-state index in [4.69, 9.17) is 4.74 Å². The fraction of sp³-hybridized carbons (Fsp3) is 0.933. The van der Waals surface area contributed by atoms with E-state index in [0.29, 0.717) is 25.1 Å². The van der Waals surface area contributed by atoms with Crippen LogP contribution in [0.25, 0.3) is 0 Å². The van der Waals surface area contributed by atoms with Crippen LogP contribution in [0, 0.1) is 5.92 Å². The summed E-state index contributed by atoms with van der Waals surface area (Å²) in [4.78, 5) is 14.8. The van der Waals surface area contributed by atoms with Crippen molar-refractivity contribution in [2.45, 2.75) is 58.1 Å². The number of morpholine rings is 1. The molecule has 1 N–H and O–H groups in total. The highest BCUT2D eigenvalue weighted by molar-refractivity contribution is 5.81. The van der Waals surface area contributed by atoms with Crippen LogP contribution >= 0.6 is 0 Å². The number of amides is 1. The van der Waals surface area contributed by atoms with Crippen molar-refractivity contribution >= 4 is 5.91 Å². The number of hydrogen-bond donors (Lipinski definition) is 1. The van der Waals surface area contributed by atoms with E-state index in [1.807, 2.05) is 0 Å². The van der Waals surface area contributed by atoms with E-state index in [1.54, 1.807) is 0 Å². The molecule has 2 heterocycles.